The van der Waals surface area contributed by atoms with Crippen LogP contribution >= 0.6 is 0 Å². The number of Topliss-reactive ketones (excluding diaryl/α,β-unsaturated/α-hetero) is 1. The molecule has 0 aromatic rings. The lowest BCUT2D eigenvalue weighted by atomic mass is 9.51. The minimum absolute atomic E-state index is 0.113. The molecule has 0 aliphatic heterocycles. The van der Waals surface area contributed by atoms with E-state index in [1.807, 2.05) is 0 Å². The number of hydrogen-bond donors (Lipinski definition) is 1. The average molecular weight is 288 g/mol. The van der Waals surface area contributed by atoms with E-state index in [9.17, 15) is 9.90 Å². The summed E-state index contributed by atoms with van der Waals surface area (Å²) in [6.45, 7) is 4.74. The van der Waals surface area contributed by atoms with E-state index >= 15 is 0 Å². The second kappa shape index (κ2) is 4.44. The molecule has 21 heavy (non-hydrogen) atoms. The van der Waals surface area contributed by atoms with Gasteiger partial charge in [-0.1, -0.05) is 25.0 Å². The minimum atomic E-state index is -0.113. The topological polar surface area (TPSA) is 37.3 Å². The van der Waals surface area contributed by atoms with Crippen LogP contribution in [0.15, 0.2) is 11.1 Å². The molecule has 4 rings (SSSR count). The van der Waals surface area contributed by atoms with E-state index in [1.54, 1.807) is 11.1 Å². The van der Waals surface area contributed by atoms with Gasteiger partial charge in [0.05, 0.1) is 6.10 Å². The molecule has 0 spiro atoms. The van der Waals surface area contributed by atoms with E-state index in [-0.39, 0.29) is 16.9 Å². The molecule has 4 aliphatic carbocycles. The molecule has 5 unspecified atom stereocenters. The monoisotopic (exact) mass is 288 g/mol. The van der Waals surface area contributed by atoms with Crippen molar-refractivity contribution in [2.24, 2.45) is 22.7 Å². The first kappa shape index (κ1) is 14.0. The number of rotatable bonds is 0. The Morgan fingerprint density at radius 1 is 1.14 bits per heavy atom. The van der Waals surface area contributed by atoms with Crippen LogP contribution in [0.1, 0.15) is 71.6 Å². The Morgan fingerprint density at radius 3 is 2.76 bits per heavy atom. The molecule has 3 fully saturated rings. The molecule has 3 saturated carbocycles. The standard InChI is InChI=1S/C19H28O2/c1-18-7-6-15-14(16(18)4-3-12(20)10-18)5-8-19(2)11-13(21)9-17(15)19/h13-14,16,21H,3-11H2,1-2H3. The zero-order chi connectivity index (χ0) is 14.8. The van der Waals surface area contributed by atoms with E-state index in [1.165, 1.54) is 25.7 Å². The first-order chi connectivity index (χ1) is 9.91. The van der Waals surface area contributed by atoms with Gasteiger partial charge in [-0.3, -0.25) is 4.79 Å². The van der Waals surface area contributed by atoms with Crippen LogP contribution in [0.4, 0.5) is 0 Å². The summed E-state index contributed by atoms with van der Waals surface area (Å²) < 4.78 is 0. The van der Waals surface area contributed by atoms with E-state index in [2.05, 4.69) is 13.8 Å². The van der Waals surface area contributed by atoms with E-state index in [0.717, 1.165) is 32.1 Å². The highest BCUT2D eigenvalue weighted by atomic mass is 16.3. The van der Waals surface area contributed by atoms with Crippen molar-refractivity contribution in [3.05, 3.63) is 11.1 Å². The van der Waals surface area contributed by atoms with Gasteiger partial charge in [0.2, 0.25) is 0 Å². The largest absolute Gasteiger partial charge is 0.393 e. The van der Waals surface area contributed by atoms with E-state index in [4.69, 9.17) is 0 Å². The molecule has 0 saturated heterocycles. The normalized spacial score (nSPS) is 49.7. The number of aliphatic hydroxyl groups excluding tert-OH is 1. The first-order valence-corrected chi connectivity index (χ1v) is 8.83. The van der Waals surface area contributed by atoms with Gasteiger partial charge in [-0.2, -0.15) is 0 Å². The van der Waals surface area contributed by atoms with E-state index in [0.29, 0.717) is 17.6 Å². The number of allylic oxidation sites excluding steroid dienone is 1. The average Bonchev–Trinajstić information content (AvgIpc) is 2.71. The van der Waals surface area contributed by atoms with Crippen molar-refractivity contribution < 1.29 is 9.90 Å². The SMILES string of the molecule is CC12CCC3C(=C1CC(O)C2)CCC1(C)CC(=O)CCC31. The van der Waals surface area contributed by atoms with Crippen LogP contribution in [0.5, 0.6) is 0 Å². The van der Waals surface area contributed by atoms with Gasteiger partial charge in [-0.15, -0.1) is 0 Å². The van der Waals surface area contributed by atoms with Gasteiger partial charge < -0.3 is 5.11 Å². The van der Waals surface area contributed by atoms with Gasteiger partial charge in [0, 0.05) is 12.8 Å². The Morgan fingerprint density at radius 2 is 1.95 bits per heavy atom. The molecular weight excluding hydrogens is 260 g/mol. The predicted molar refractivity (Wildman–Crippen MR) is 82.8 cm³/mol. The van der Waals surface area contributed by atoms with Gasteiger partial charge in [-0.05, 0) is 67.6 Å². The Labute approximate surface area is 128 Å². The fourth-order valence-corrected chi connectivity index (χ4v) is 6.34. The second-order valence-corrected chi connectivity index (χ2v) is 8.79. The van der Waals surface area contributed by atoms with Crippen molar-refractivity contribution in [1.29, 1.82) is 0 Å². The van der Waals surface area contributed by atoms with E-state index < -0.39 is 0 Å². The van der Waals surface area contributed by atoms with Crippen molar-refractivity contribution in [3.63, 3.8) is 0 Å². The highest BCUT2D eigenvalue weighted by molar-refractivity contribution is 5.80. The van der Waals surface area contributed by atoms with Crippen LogP contribution in [0, 0.1) is 22.7 Å². The number of fused-ring (bicyclic) bond motifs is 4. The van der Waals surface area contributed by atoms with Crippen molar-refractivity contribution in [3.8, 4) is 0 Å². The van der Waals surface area contributed by atoms with Crippen molar-refractivity contribution in [1.82, 2.24) is 0 Å². The summed E-state index contributed by atoms with van der Waals surface area (Å²) in [5.41, 5.74) is 3.86. The highest BCUT2D eigenvalue weighted by Gasteiger charge is 2.52. The molecule has 116 valence electrons. The molecule has 0 aromatic heterocycles. The predicted octanol–water partition coefficient (Wildman–Crippen LogP) is 4.02. The minimum Gasteiger partial charge on any atom is -0.393 e. The van der Waals surface area contributed by atoms with Crippen LogP contribution in [-0.2, 0) is 4.79 Å². The molecule has 0 radical (unpaired) electrons. The summed E-state index contributed by atoms with van der Waals surface area (Å²) in [4.78, 5) is 11.9. The molecular formula is C19H28O2. The molecule has 0 aromatic carbocycles. The fourth-order valence-electron chi connectivity index (χ4n) is 6.34. The summed E-state index contributed by atoms with van der Waals surface area (Å²) >= 11 is 0. The number of carbonyl (C=O) groups is 1. The van der Waals surface area contributed by atoms with Gasteiger partial charge in [0.15, 0.2) is 0 Å². The van der Waals surface area contributed by atoms with Gasteiger partial charge in [0.25, 0.3) is 0 Å². The lowest BCUT2D eigenvalue weighted by Crippen LogP contribution is -2.45. The van der Waals surface area contributed by atoms with Crippen molar-refractivity contribution in [2.75, 3.05) is 0 Å². The maximum absolute atomic E-state index is 11.9. The van der Waals surface area contributed by atoms with Gasteiger partial charge >= 0.3 is 0 Å². The molecule has 1 N–H and O–H groups in total. The molecule has 2 heteroatoms. The molecule has 0 amide bonds. The second-order valence-electron chi connectivity index (χ2n) is 8.79. The first-order valence-electron chi connectivity index (χ1n) is 8.83. The number of aliphatic hydroxyl groups is 1. The van der Waals surface area contributed by atoms with Crippen LogP contribution < -0.4 is 0 Å². The Balaban J connectivity index is 1.72. The number of hydrogen-bond acceptors (Lipinski definition) is 2. The third-order valence-electron chi connectivity index (χ3n) is 7.38. The summed E-state index contributed by atoms with van der Waals surface area (Å²) in [6, 6.07) is 0. The van der Waals surface area contributed by atoms with Crippen LogP contribution in [0.25, 0.3) is 0 Å². The fraction of sp³-hybridized carbons (Fsp3) is 0.842. The summed E-state index contributed by atoms with van der Waals surface area (Å²) in [7, 11) is 0. The summed E-state index contributed by atoms with van der Waals surface area (Å²) in [5.74, 6) is 1.92. The lowest BCUT2D eigenvalue weighted by molar-refractivity contribution is -0.127. The lowest BCUT2D eigenvalue weighted by Gasteiger charge is -2.53. The molecule has 2 nitrogen and oxygen atoms in total. The number of ketones is 1. The van der Waals surface area contributed by atoms with Gasteiger partial charge in [0.1, 0.15) is 5.78 Å². The Hall–Kier alpha value is -0.630. The van der Waals surface area contributed by atoms with Crippen molar-refractivity contribution in [2.45, 2.75) is 77.7 Å². The summed E-state index contributed by atoms with van der Waals surface area (Å²) in [6.07, 6.45) is 9.41. The zero-order valence-corrected chi connectivity index (χ0v) is 13.5. The quantitative estimate of drug-likeness (QED) is 0.683. The van der Waals surface area contributed by atoms with Crippen LogP contribution in [0.3, 0.4) is 0 Å². The third-order valence-corrected chi connectivity index (χ3v) is 7.38. The Kier molecular flexibility index (Phi) is 2.96. The molecule has 5 atom stereocenters. The number of carbonyl (C=O) groups excluding carboxylic acids is 1. The molecule has 4 aliphatic rings. The maximum Gasteiger partial charge on any atom is 0.133 e. The molecule has 0 heterocycles. The maximum atomic E-state index is 11.9. The summed E-state index contributed by atoms with van der Waals surface area (Å²) in [5, 5.41) is 10.2. The third kappa shape index (κ3) is 1.98. The van der Waals surface area contributed by atoms with Crippen LogP contribution in [0.2, 0.25) is 0 Å². The Bertz CT molecular complexity index is 520. The zero-order valence-electron chi connectivity index (χ0n) is 13.5. The van der Waals surface area contributed by atoms with Gasteiger partial charge in [-0.25, -0.2) is 0 Å². The smallest absolute Gasteiger partial charge is 0.133 e. The highest BCUT2D eigenvalue weighted by Crippen LogP contribution is 2.62. The van der Waals surface area contributed by atoms with Crippen molar-refractivity contribution >= 4 is 5.78 Å². The molecule has 0 bridgehead atoms. The van der Waals surface area contributed by atoms with Crippen LogP contribution in [-0.4, -0.2) is 17.0 Å².